The quantitative estimate of drug-likeness (QED) is 0.839. The van der Waals surface area contributed by atoms with E-state index in [1.807, 2.05) is 49.5 Å². The molecule has 0 saturated heterocycles. The van der Waals surface area contributed by atoms with Gasteiger partial charge >= 0.3 is 0 Å². The van der Waals surface area contributed by atoms with Crippen LogP contribution < -0.4 is 14.4 Å². The van der Waals surface area contributed by atoms with E-state index in [0.717, 1.165) is 30.0 Å². The molecule has 3 rings (SSSR count). The minimum absolute atomic E-state index is 0.133. The summed E-state index contributed by atoms with van der Waals surface area (Å²) in [6.07, 6.45) is 2.47. The van der Waals surface area contributed by atoms with Crippen LogP contribution in [-0.2, 0) is 11.2 Å². The Bertz CT molecular complexity index is 727. The number of hydrogen-bond donors (Lipinski definition) is 0. The normalized spacial score (nSPS) is 15.7. The average molecular weight is 325 g/mol. The largest absolute Gasteiger partial charge is 0.493 e. The van der Waals surface area contributed by atoms with Crippen LogP contribution in [0.3, 0.4) is 0 Å². The molecule has 126 valence electrons. The summed E-state index contributed by atoms with van der Waals surface area (Å²) in [5.41, 5.74) is 3.39. The number of nitrogens with zero attached hydrogens (tertiary/aromatic N) is 1. The van der Waals surface area contributed by atoms with Crippen LogP contribution >= 0.6 is 0 Å². The van der Waals surface area contributed by atoms with Crippen LogP contribution in [0.5, 0.6) is 11.5 Å². The number of fused-ring (bicyclic) bond motifs is 1. The number of hydrogen-bond acceptors (Lipinski definition) is 3. The number of carbonyl (C=O) groups excluding carboxylic acids is 1. The zero-order valence-corrected chi connectivity index (χ0v) is 14.4. The Morgan fingerprint density at radius 3 is 2.46 bits per heavy atom. The Balaban J connectivity index is 1.78. The lowest BCUT2D eigenvalue weighted by atomic mass is 9.96. The van der Waals surface area contributed by atoms with Crippen LogP contribution in [0, 0.1) is 0 Å². The molecule has 0 spiro atoms. The minimum atomic E-state index is 0.133. The fourth-order valence-electron chi connectivity index (χ4n) is 3.37. The summed E-state index contributed by atoms with van der Waals surface area (Å²) >= 11 is 0. The van der Waals surface area contributed by atoms with Crippen molar-refractivity contribution in [2.45, 2.75) is 25.2 Å². The van der Waals surface area contributed by atoms with Gasteiger partial charge in [0, 0.05) is 19.2 Å². The second-order valence-corrected chi connectivity index (χ2v) is 6.13. The van der Waals surface area contributed by atoms with Crippen LogP contribution in [0.25, 0.3) is 0 Å². The molecule has 0 aromatic heterocycles. The number of rotatable bonds is 5. The van der Waals surface area contributed by atoms with Gasteiger partial charge in [-0.05, 0) is 54.2 Å². The molecule has 1 aliphatic carbocycles. The highest BCUT2D eigenvalue weighted by Crippen LogP contribution is 2.42. The van der Waals surface area contributed by atoms with E-state index < -0.39 is 0 Å². The zero-order valence-electron chi connectivity index (χ0n) is 14.4. The second-order valence-electron chi connectivity index (χ2n) is 6.13. The number of ether oxygens (including phenoxy) is 2. The van der Waals surface area contributed by atoms with Crippen molar-refractivity contribution in [1.29, 1.82) is 0 Å². The highest BCUT2D eigenvalue weighted by Gasteiger charge is 2.28. The first-order valence-electron chi connectivity index (χ1n) is 8.20. The van der Waals surface area contributed by atoms with Crippen molar-refractivity contribution in [3.8, 4) is 11.5 Å². The SMILES string of the molecule is COc1cc2c(cc1OC)C(CC(=O)N(C)c1ccccc1)CC2. The molecule has 2 aromatic carbocycles. The number of anilines is 1. The molecule has 0 radical (unpaired) electrons. The summed E-state index contributed by atoms with van der Waals surface area (Å²) in [5, 5.41) is 0. The second kappa shape index (κ2) is 6.95. The Morgan fingerprint density at radius 2 is 1.79 bits per heavy atom. The molecule has 0 aliphatic heterocycles. The van der Waals surface area contributed by atoms with Crippen LogP contribution in [0.4, 0.5) is 5.69 Å². The maximum Gasteiger partial charge on any atom is 0.227 e. The molecule has 4 nitrogen and oxygen atoms in total. The maximum atomic E-state index is 12.7. The lowest BCUT2D eigenvalue weighted by molar-refractivity contribution is -0.118. The number of amides is 1. The molecule has 1 aliphatic rings. The van der Waals surface area contributed by atoms with Gasteiger partial charge in [0.05, 0.1) is 14.2 Å². The number of methoxy groups -OCH3 is 2. The summed E-state index contributed by atoms with van der Waals surface area (Å²) in [6.45, 7) is 0. The number of carbonyl (C=O) groups is 1. The lowest BCUT2D eigenvalue weighted by Gasteiger charge is -2.20. The molecule has 0 heterocycles. The predicted molar refractivity (Wildman–Crippen MR) is 95.1 cm³/mol. The molecule has 1 atom stereocenters. The van der Waals surface area contributed by atoms with E-state index in [9.17, 15) is 4.79 Å². The molecule has 0 saturated carbocycles. The third kappa shape index (κ3) is 3.09. The smallest absolute Gasteiger partial charge is 0.227 e. The van der Waals surface area contributed by atoms with Crippen molar-refractivity contribution in [2.75, 3.05) is 26.2 Å². The first-order chi connectivity index (χ1) is 11.6. The number of aryl methyl sites for hydroxylation is 1. The first-order valence-corrected chi connectivity index (χ1v) is 8.20. The summed E-state index contributed by atoms with van der Waals surface area (Å²) in [6, 6.07) is 13.8. The predicted octanol–water partition coefficient (Wildman–Crippen LogP) is 3.79. The van der Waals surface area contributed by atoms with Crippen LogP contribution in [0.2, 0.25) is 0 Å². The molecule has 2 aromatic rings. The highest BCUT2D eigenvalue weighted by molar-refractivity contribution is 5.93. The molecule has 24 heavy (non-hydrogen) atoms. The van der Waals surface area contributed by atoms with Crippen LogP contribution in [0.15, 0.2) is 42.5 Å². The number of benzene rings is 2. The van der Waals surface area contributed by atoms with Gasteiger partial charge in [-0.1, -0.05) is 18.2 Å². The Hall–Kier alpha value is -2.49. The van der Waals surface area contributed by atoms with Gasteiger partial charge in [0.25, 0.3) is 0 Å². The third-order valence-corrected chi connectivity index (χ3v) is 4.79. The minimum Gasteiger partial charge on any atom is -0.493 e. The van der Waals surface area contributed by atoms with Gasteiger partial charge in [0.1, 0.15) is 0 Å². The standard InChI is InChI=1S/C20H23NO3/c1-21(16-7-5-4-6-8-16)20(22)12-15-10-9-14-11-18(23-2)19(24-3)13-17(14)15/h4-8,11,13,15H,9-10,12H2,1-3H3. The Labute approximate surface area is 143 Å². The summed E-state index contributed by atoms with van der Waals surface area (Å²) in [7, 11) is 5.12. The van der Waals surface area contributed by atoms with Gasteiger partial charge in [0.15, 0.2) is 11.5 Å². The fraction of sp³-hybridized carbons (Fsp3) is 0.350. The van der Waals surface area contributed by atoms with Gasteiger partial charge in [0.2, 0.25) is 5.91 Å². The fourth-order valence-corrected chi connectivity index (χ4v) is 3.37. The first kappa shape index (κ1) is 16.4. The maximum absolute atomic E-state index is 12.7. The molecule has 4 heteroatoms. The van der Waals surface area contributed by atoms with E-state index in [1.165, 1.54) is 11.1 Å². The van der Waals surface area contributed by atoms with Crippen molar-refractivity contribution in [2.24, 2.45) is 0 Å². The molecule has 1 unspecified atom stereocenters. The van der Waals surface area contributed by atoms with Gasteiger partial charge in [-0.3, -0.25) is 4.79 Å². The van der Waals surface area contributed by atoms with Gasteiger partial charge in [-0.15, -0.1) is 0 Å². The van der Waals surface area contributed by atoms with Crippen molar-refractivity contribution in [3.63, 3.8) is 0 Å². The van der Waals surface area contributed by atoms with Crippen molar-refractivity contribution in [3.05, 3.63) is 53.6 Å². The molecular weight excluding hydrogens is 302 g/mol. The molecule has 0 bridgehead atoms. The average Bonchev–Trinajstić information content (AvgIpc) is 3.02. The van der Waals surface area contributed by atoms with Gasteiger partial charge < -0.3 is 14.4 Å². The van der Waals surface area contributed by atoms with E-state index in [0.29, 0.717) is 6.42 Å². The highest BCUT2D eigenvalue weighted by atomic mass is 16.5. The van der Waals surface area contributed by atoms with Gasteiger partial charge in [-0.25, -0.2) is 0 Å². The van der Waals surface area contributed by atoms with Crippen LogP contribution in [0.1, 0.15) is 29.9 Å². The lowest BCUT2D eigenvalue weighted by Crippen LogP contribution is -2.27. The zero-order chi connectivity index (χ0) is 17.1. The topological polar surface area (TPSA) is 38.8 Å². The summed E-state index contributed by atoms with van der Waals surface area (Å²) in [5.74, 6) is 1.85. The van der Waals surface area contributed by atoms with Crippen LogP contribution in [-0.4, -0.2) is 27.2 Å². The Morgan fingerprint density at radius 1 is 1.12 bits per heavy atom. The van der Waals surface area contributed by atoms with E-state index >= 15 is 0 Å². The van der Waals surface area contributed by atoms with Gasteiger partial charge in [-0.2, -0.15) is 0 Å². The Kier molecular flexibility index (Phi) is 4.74. The van der Waals surface area contributed by atoms with E-state index in [1.54, 1.807) is 19.1 Å². The number of para-hydroxylation sites is 1. The van der Waals surface area contributed by atoms with Crippen molar-refractivity contribution < 1.29 is 14.3 Å². The van der Waals surface area contributed by atoms with Crippen molar-refractivity contribution in [1.82, 2.24) is 0 Å². The monoisotopic (exact) mass is 325 g/mol. The molecule has 1 amide bonds. The third-order valence-electron chi connectivity index (χ3n) is 4.79. The van der Waals surface area contributed by atoms with E-state index in [4.69, 9.17) is 9.47 Å². The summed E-state index contributed by atoms with van der Waals surface area (Å²) < 4.78 is 10.8. The molecular formula is C20H23NO3. The summed E-state index contributed by atoms with van der Waals surface area (Å²) in [4.78, 5) is 14.4. The van der Waals surface area contributed by atoms with E-state index in [-0.39, 0.29) is 11.8 Å². The molecule has 0 fully saturated rings. The van der Waals surface area contributed by atoms with E-state index in [2.05, 4.69) is 0 Å². The molecule has 0 N–H and O–H groups in total. The van der Waals surface area contributed by atoms with Crippen molar-refractivity contribution >= 4 is 11.6 Å².